The van der Waals surface area contributed by atoms with Crippen molar-refractivity contribution in [2.45, 2.75) is 50.6 Å². The minimum Gasteiger partial charge on any atom is -0.326 e. The minimum absolute atomic E-state index is 0.374. The molecule has 2 saturated heterocycles. The maximum absolute atomic E-state index is 2.89. The summed E-state index contributed by atoms with van der Waals surface area (Å²) in [6.07, 6.45) is 9.10. The van der Waals surface area contributed by atoms with Crippen LogP contribution >= 0.6 is 0 Å². The van der Waals surface area contributed by atoms with Gasteiger partial charge in [0.2, 0.25) is 0 Å². The standard InChI is InChI=1S/C10H21NSi/c1-3-7-11(8-4-1)12-9-5-2-6-10-12/h12H,1-10H2. The quantitative estimate of drug-likeness (QED) is 0.564. The van der Waals surface area contributed by atoms with Gasteiger partial charge in [-0.1, -0.05) is 25.7 Å². The van der Waals surface area contributed by atoms with Gasteiger partial charge in [-0.15, -0.1) is 0 Å². The zero-order valence-corrected chi connectivity index (χ0v) is 9.25. The summed E-state index contributed by atoms with van der Waals surface area (Å²) in [6, 6.07) is 3.25. The first-order valence-corrected chi connectivity index (χ1v) is 7.86. The van der Waals surface area contributed by atoms with Crippen LogP contribution in [0.2, 0.25) is 12.1 Å². The SMILES string of the molecule is C1CCN([SiH]2CCCCC2)CC1. The lowest BCUT2D eigenvalue weighted by Gasteiger charge is -2.35. The van der Waals surface area contributed by atoms with E-state index in [-0.39, 0.29) is 8.96 Å². The molecule has 0 amide bonds. The molecule has 2 aliphatic heterocycles. The molecule has 70 valence electrons. The Hall–Kier alpha value is 0.177. The number of nitrogens with zero attached hydrogens (tertiary/aromatic N) is 1. The summed E-state index contributed by atoms with van der Waals surface area (Å²) in [7, 11) is -0.374. The van der Waals surface area contributed by atoms with Crippen molar-refractivity contribution in [1.82, 2.24) is 4.57 Å². The second-order valence-corrected chi connectivity index (χ2v) is 7.58. The Morgan fingerprint density at radius 2 is 1.25 bits per heavy atom. The molecule has 0 bridgehead atoms. The van der Waals surface area contributed by atoms with Gasteiger partial charge < -0.3 is 4.57 Å². The van der Waals surface area contributed by atoms with Crippen LogP contribution in [0.25, 0.3) is 0 Å². The van der Waals surface area contributed by atoms with Crippen molar-refractivity contribution in [2.75, 3.05) is 13.1 Å². The molecule has 0 unspecified atom stereocenters. The average Bonchev–Trinajstić information content (AvgIpc) is 2.21. The monoisotopic (exact) mass is 183 g/mol. The van der Waals surface area contributed by atoms with E-state index in [1.165, 1.54) is 38.8 Å². The summed E-state index contributed by atoms with van der Waals surface area (Å²) >= 11 is 0. The maximum atomic E-state index is 2.89. The van der Waals surface area contributed by atoms with Crippen LogP contribution in [-0.2, 0) is 0 Å². The second-order valence-electron chi connectivity index (χ2n) is 4.39. The predicted octanol–water partition coefficient (Wildman–Crippen LogP) is 2.38. The first kappa shape index (κ1) is 8.76. The fourth-order valence-corrected chi connectivity index (χ4v) is 6.36. The van der Waals surface area contributed by atoms with Crippen LogP contribution in [0, 0.1) is 0 Å². The van der Waals surface area contributed by atoms with Gasteiger partial charge in [-0.05, 0) is 38.0 Å². The Balaban J connectivity index is 1.80. The van der Waals surface area contributed by atoms with Crippen LogP contribution in [0.3, 0.4) is 0 Å². The number of hydrogen-bond donors (Lipinski definition) is 0. The predicted molar refractivity (Wildman–Crippen MR) is 56.0 cm³/mol. The van der Waals surface area contributed by atoms with Crippen LogP contribution in [0.1, 0.15) is 38.5 Å². The van der Waals surface area contributed by atoms with Crippen LogP contribution in [0.15, 0.2) is 0 Å². The third kappa shape index (κ3) is 2.11. The third-order valence-electron chi connectivity index (χ3n) is 3.48. The van der Waals surface area contributed by atoms with E-state index >= 15 is 0 Å². The number of rotatable bonds is 1. The van der Waals surface area contributed by atoms with Crippen molar-refractivity contribution in [3.8, 4) is 0 Å². The van der Waals surface area contributed by atoms with Gasteiger partial charge in [0.05, 0.1) is 0 Å². The van der Waals surface area contributed by atoms with E-state index in [1.807, 2.05) is 0 Å². The Morgan fingerprint density at radius 1 is 0.667 bits per heavy atom. The van der Waals surface area contributed by atoms with Gasteiger partial charge in [-0.25, -0.2) is 0 Å². The molecular formula is C10H21NSi. The van der Waals surface area contributed by atoms with Gasteiger partial charge in [-0.2, -0.15) is 0 Å². The Morgan fingerprint density at radius 3 is 1.92 bits per heavy atom. The van der Waals surface area contributed by atoms with E-state index in [0.717, 1.165) is 0 Å². The molecule has 0 aromatic carbocycles. The zero-order valence-electron chi connectivity index (χ0n) is 8.10. The largest absolute Gasteiger partial charge is 0.326 e. The molecule has 0 saturated carbocycles. The lowest BCUT2D eigenvalue weighted by atomic mass is 10.2. The van der Waals surface area contributed by atoms with Gasteiger partial charge in [-0.3, -0.25) is 0 Å². The molecule has 0 aromatic heterocycles. The van der Waals surface area contributed by atoms with E-state index < -0.39 is 0 Å². The van der Waals surface area contributed by atoms with E-state index in [9.17, 15) is 0 Å². The van der Waals surface area contributed by atoms with Gasteiger partial charge >= 0.3 is 0 Å². The average molecular weight is 183 g/mol. The zero-order chi connectivity index (χ0) is 8.23. The first-order valence-electron chi connectivity index (χ1n) is 5.71. The molecule has 0 radical (unpaired) electrons. The van der Waals surface area contributed by atoms with Crippen LogP contribution < -0.4 is 0 Å². The molecule has 2 rings (SSSR count). The van der Waals surface area contributed by atoms with Crippen LogP contribution in [0.5, 0.6) is 0 Å². The van der Waals surface area contributed by atoms with Crippen molar-refractivity contribution in [2.24, 2.45) is 0 Å². The first-order chi connectivity index (χ1) is 5.97. The minimum atomic E-state index is -0.374. The van der Waals surface area contributed by atoms with Crippen molar-refractivity contribution in [3.05, 3.63) is 0 Å². The number of hydrogen-bond acceptors (Lipinski definition) is 1. The van der Waals surface area contributed by atoms with Crippen molar-refractivity contribution in [3.63, 3.8) is 0 Å². The van der Waals surface area contributed by atoms with Crippen molar-refractivity contribution in [1.29, 1.82) is 0 Å². The van der Waals surface area contributed by atoms with Crippen molar-refractivity contribution < 1.29 is 0 Å². The van der Waals surface area contributed by atoms with Crippen LogP contribution in [0.4, 0.5) is 0 Å². The van der Waals surface area contributed by atoms with E-state index in [0.29, 0.717) is 0 Å². The summed E-state index contributed by atoms with van der Waals surface area (Å²) in [5, 5.41) is 0. The highest BCUT2D eigenvalue weighted by atomic mass is 28.3. The highest BCUT2D eigenvalue weighted by Gasteiger charge is 2.23. The lowest BCUT2D eigenvalue weighted by molar-refractivity contribution is 0.345. The van der Waals surface area contributed by atoms with E-state index in [4.69, 9.17) is 0 Å². The molecule has 0 spiro atoms. The van der Waals surface area contributed by atoms with Gasteiger partial charge in [0.15, 0.2) is 0 Å². The molecule has 2 aliphatic rings. The summed E-state index contributed by atoms with van der Waals surface area (Å²) < 4.78 is 2.89. The lowest BCUT2D eigenvalue weighted by Crippen LogP contribution is -2.43. The van der Waals surface area contributed by atoms with Gasteiger partial charge in [0.1, 0.15) is 8.96 Å². The maximum Gasteiger partial charge on any atom is 0.111 e. The molecule has 0 N–H and O–H groups in total. The van der Waals surface area contributed by atoms with Crippen LogP contribution in [-0.4, -0.2) is 26.6 Å². The highest BCUT2D eigenvalue weighted by Crippen LogP contribution is 2.23. The number of piperidine rings is 1. The topological polar surface area (TPSA) is 3.24 Å². The molecule has 2 fully saturated rings. The molecule has 2 heteroatoms. The fourth-order valence-electron chi connectivity index (χ4n) is 2.73. The summed E-state index contributed by atoms with van der Waals surface area (Å²) in [5.74, 6) is 0. The fraction of sp³-hybridized carbons (Fsp3) is 1.00. The molecule has 12 heavy (non-hydrogen) atoms. The van der Waals surface area contributed by atoms with Crippen molar-refractivity contribution >= 4 is 8.96 Å². The molecule has 0 aromatic rings. The van der Waals surface area contributed by atoms with E-state index in [1.54, 1.807) is 24.9 Å². The second kappa shape index (κ2) is 4.42. The highest BCUT2D eigenvalue weighted by molar-refractivity contribution is 6.56. The molecule has 0 aliphatic carbocycles. The van der Waals surface area contributed by atoms with Gasteiger partial charge in [0.25, 0.3) is 0 Å². The smallest absolute Gasteiger partial charge is 0.111 e. The molecular weight excluding hydrogens is 162 g/mol. The Labute approximate surface area is 77.8 Å². The molecule has 1 nitrogen and oxygen atoms in total. The Kier molecular flexibility index (Phi) is 3.23. The van der Waals surface area contributed by atoms with E-state index in [2.05, 4.69) is 4.57 Å². The molecule has 0 atom stereocenters. The summed E-state index contributed by atoms with van der Waals surface area (Å²) in [5.41, 5.74) is 0. The third-order valence-corrected chi connectivity index (χ3v) is 7.18. The summed E-state index contributed by atoms with van der Waals surface area (Å²) in [4.78, 5) is 0. The van der Waals surface area contributed by atoms with Gasteiger partial charge in [0, 0.05) is 0 Å². The molecule has 2 heterocycles. The summed E-state index contributed by atoms with van der Waals surface area (Å²) in [6.45, 7) is 2.91. The normalized spacial score (nSPS) is 29.0. The Bertz CT molecular complexity index is 110.